The number of amides is 3. The van der Waals surface area contributed by atoms with Gasteiger partial charge in [0.15, 0.2) is 0 Å². The Labute approximate surface area is 143 Å². The number of nitrogens with zero attached hydrogens (tertiary/aromatic N) is 2. The maximum atomic E-state index is 12.0. The van der Waals surface area contributed by atoms with Crippen molar-refractivity contribution in [1.82, 2.24) is 15.1 Å². The highest BCUT2D eigenvalue weighted by molar-refractivity contribution is 5.77. The van der Waals surface area contributed by atoms with Crippen LogP contribution in [0.3, 0.4) is 0 Å². The van der Waals surface area contributed by atoms with Crippen LogP contribution in [0.4, 0.5) is 4.79 Å². The van der Waals surface area contributed by atoms with Crippen molar-refractivity contribution in [2.75, 3.05) is 33.2 Å². The number of benzene rings is 1. The first kappa shape index (κ1) is 18.3. The van der Waals surface area contributed by atoms with Crippen molar-refractivity contribution < 1.29 is 14.7 Å². The zero-order valence-electron chi connectivity index (χ0n) is 14.3. The molecule has 0 aromatic heterocycles. The summed E-state index contributed by atoms with van der Waals surface area (Å²) in [5.74, 6) is 0.176. The third kappa shape index (κ3) is 5.53. The quantitative estimate of drug-likeness (QED) is 0.799. The van der Waals surface area contributed by atoms with Crippen LogP contribution in [0.2, 0.25) is 0 Å². The number of carbonyl (C=O) groups is 2. The molecule has 1 aliphatic heterocycles. The summed E-state index contributed by atoms with van der Waals surface area (Å²) in [5.41, 5.74) is 0.856. The monoisotopic (exact) mass is 333 g/mol. The van der Waals surface area contributed by atoms with Crippen molar-refractivity contribution >= 4 is 11.9 Å². The molecule has 0 radical (unpaired) electrons. The normalized spacial score (nSPS) is 15.9. The molecular weight excluding hydrogens is 306 g/mol. The lowest BCUT2D eigenvalue weighted by Crippen LogP contribution is -2.44. The third-order valence-electron chi connectivity index (χ3n) is 4.35. The number of piperidine rings is 1. The van der Waals surface area contributed by atoms with E-state index in [0.29, 0.717) is 32.5 Å². The van der Waals surface area contributed by atoms with E-state index in [1.165, 1.54) is 0 Å². The molecule has 2 N–H and O–H groups in total. The van der Waals surface area contributed by atoms with Crippen molar-refractivity contribution in [3.8, 4) is 0 Å². The molecule has 2 rings (SSSR count). The second-order valence-electron chi connectivity index (χ2n) is 6.21. The highest BCUT2D eigenvalue weighted by Gasteiger charge is 2.18. The summed E-state index contributed by atoms with van der Waals surface area (Å²) in [7, 11) is 1.71. The van der Waals surface area contributed by atoms with Crippen LogP contribution in [-0.2, 0) is 4.79 Å². The second-order valence-corrected chi connectivity index (χ2v) is 6.21. The number of carbonyl (C=O) groups excluding carboxylic acids is 2. The minimum absolute atomic E-state index is 0.176. The van der Waals surface area contributed by atoms with Gasteiger partial charge in [0.2, 0.25) is 5.91 Å². The molecule has 0 saturated carbocycles. The number of hydrogen-bond donors (Lipinski definition) is 2. The zero-order valence-corrected chi connectivity index (χ0v) is 14.3. The zero-order chi connectivity index (χ0) is 17.4. The molecule has 1 atom stereocenters. The molecule has 0 bridgehead atoms. The summed E-state index contributed by atoms with van der Waals surface area (Å²) in [4.78, 5) is 27.1. The molecule has 0 spiro atoms. The summed E-state index contributed by atoms with van der Waals surface area (Å²) in [6, 6.07) is 9.25. The highest BCUT2D eigenvalue weighted by Crippen LogP contribution is 2.16. The van der Waals surface area contributed by atoms with Crippen LogP contribution >= 0.6 is 0 Å². The summed E-state index contributed by atoms with van der Waals surface area (Å²) in [6.07, 6.45) is 2.53. The van der Waals surface area contributed by atoms with Crippen molar-refractivity contribution in [2.24, 2.45) is 0 Å². The first-order chi connectivity index (χ1) is 11.6. The van der Waals surface area contributed by atoms with E-state index in [0.717, 1.165) is 24.9 Å². The second kappa shape index (κ2) is 9.27. The van der Waals surface area contributed by atoms with Crippen LogP contribution < -0.4 is 5.32 Å². The fourth-order valence-electron chi connectivity index (χ4n) is 2.79. The average molecular weight is 333 g/mol. The summed E-state index contributed by atoms with van der Waals surface area (Å²) < 4.78 is 0. The number of hydrogen-bond acceptors (Lipinski definition) is 3. The van der Waals surface area contributed by atoms with E-state index in [9.17, 15) is 14.7 Å². The lowest BCUT2D eigenvalue weighted by molar-refractivity contribution is -0.133. The molecule has 1 fully saturated rings. The van der Waals surface area contributed by atoms with Gasteiger partial charge in [-0.15, -0.1) is 0 Å². The SMILES string of the molecule is CN(CC[C@H](O)c1ccccc1)C(=O)NCCN1CCCCC1=O. The Morgan fingerprint density at radius 2 is 2.08 bits per heavy atom. The van der Waals surface area contributed by atoms with Gasteiger partial charge < -0.3 is 20.2 Å². The predicted octanol–water partition coefficient (Wildman–Crippen LogP) is 1.76. The van der Waals surface area contributed by atoms with Crippen molar-refractivity contribution in [1.29, 1.82) is 0 Å². The molecule has 1 aliphatic rings. The van der Waals surface area contributed by atoms with Gasteiger partial charge in [-0.3, -0.25) is 4.79 Å². The van der Waals surface area contributed by atoms with Crippen LogP contribution in [0.5, 0.6) is 0 Å². The van der Waals surface area contributed by atoms with Crippen LogP contribution in [0.15, 0.2) is 30.3 Å². The molecule has 1 aromatic rings. The van der Waals surface area contributed by atoms with E-state index >= 15 is 0 Å². The van der Waals surface area contributed by atoms with E-state index < -0.39 is 6.10 Å². The average Bonchev–Trinajstić information content (AvgIpc) is 2.61. The molecule has 1 heterocycles. The van der Waals surface area contributed by atoms with Gasteiger partial charge in [0.05, 0.1) is 6.10 Å². The van der Waals surface area contributed by atoms with Crippen molar-refractivity contribution in [3.63, 3.8) is 0 Å². The molecule has 24 heavy (non-hydrogen) atoms. The summed E-state index contributed by atoms with van der Waals surface area (Å²) >= 11 is 0. The number of urea groups is 1. The van der Waals surface area contributed by atoms with Gasteiger partial charge in [-0.2, -0.15) is 0 Å². The Hall–Kier alpha value is -2.08. The topological polar surface area (TPSA) is 72.9 Å². The van der Waals surface area contributed by atoms with Gasteiger partial charge in [-0.1, -0.05) is 30.3 Å². The molecule has 1 saturated heterocycles. The van der Waals surface area contributed by atoms with Gasteiger partial charge >= 0.3 is 6.03 Å². The Morgan fingerprint density at radius 1 is 1.33 bits per heavy atom. The van der Waals surface area contributed by atoms with Gasteiger partial charge in [-0.25, -0.2) is 4.79 Å². The van der Waals surface area contributed by atoms with Crippen LogP contribution in [0, 0.1) is 0 Å². The first-order valence-corrected chi connectivity index (χ1v) is 8.57. The molecule has 132 valence electrons. The molecule has 0 aliphatic carbocycles. The lowest BCUT2D eigenvalue weighted by atomic mass is 10.1. The van der Waals surface area contributed by atoms with Crippen LogP contribution in [0.1, 0.15) is 37.4 Å². The maximum Gasteiger partial charge on any atom is 0.317 e. The third-order valence-corrected chi connectivity index (χ3v) is 4.35. The Bertz CT molecular complexity index is 536. The Balaban J connectivity index is 1.65. The van der Waals surface area contributed by atoms with Gasteiger partial charge in [0.25, 0.3) is 0 Å². The minimum atomic E-state index is -0.576. The van der Waals surface area contributed by atoms with Crippen molar-refractivity contribution in [2.45, 2.75) is 31.8 Å². The molecule has 6 nitrogen and oxygen atoms in total. The van der Waals surface area contributed by atoms with Crippen LogP contribution in [-0.4, -0.2) is 60.1 Å². The molecule has 1 aromatic carbocycles. The first-order valence-electron chi connectivity index (χ1n) is 8.57. The van der Waals surface area contributed by atoms with E-state index in [1.54, 1.807) is 11.9 Å². The predicted molar refractivity (Wildman–Crippen MR) is 92.5 cm³/mol. The number of aliphatic hydroxyl groups excluding tert-OH is 1. The Morgan fingerprint density at radius 3 is 2.79 bits per heavy atom. The fourth-order valence-corrected chi connectivity index (χ4v) is 2.79. The summed E-state index contributed by atoms with van der Waals surface area (Å²) in [6.45, 7) is 2.26. The molecule has 3 amide bonds. The Kier molecular flexibility index (Phi) is 7.06. The van der Waals surface area contributed by atoms with E-state index in [2.05, 4.69) is 5.32 Å². The van der Waals surface area contributed by atoms with Crippen molar-refractivity contribution in [3.05, 3.63) is 35.9 Å². The van der Waals surface area contributed by atoms with Gasteiger partial charge in [0.1, 0.15) is 0 Å². The van der Waals surface area contributed by atoms with E-state index in [-0.39, 0.29) is 11.9 Å². The molecule has 6 heteroatoms. The standard InChI is InChI=1S/C18H27N3O3/c1-20(13-10-16(22)15-7-3-2-4-8-15)18(24)19-11-14-21-12-6-5-9-17(21)23/h2-4,7-8,16,22H,5-6,9-14H2,1H3,(H,19,24)/t16-/m0/s1. The largest absolute Gasteiger partial charge is 0.388 e. The number of nitrogens with one attached hydrogen (secondary N) is 1. The molecule has 0 unspecified atom stereocenters. The maximum absolute atomic E-state index is 12.0. The number of likely N-dealkylation sites (tertiary alicyclic amines) is 1. The number of rotatable bonds is 7. The van der Waals surface area contributed by atoms with Crippen LogP contribution in [0.25, 0.3) is 0 Å². The summed E-state index contributed by atoms with van der Waals surface area (Å²) in [5, 5.41) is 12.9. The smallest absolute Gasteiger partial charge is 0.317 e. The van der Waals surface area contributed by atoms with E-state index in [4.69, 9.17) is 0 Å². The lowest BCUT2D eigenvalue weighted by Gasteiger charge is -2.27. The molecular formula is C18H27N3O3. The van der Waals surface area contributed by atoms with E-state index in [1.807, 2.05) is 35.2 Å². The highest BCUT2D eigenvalue weighted by atomic mass is 16.3. The van der Waals surface area contributed by atoms with Gasteiger partial charge in [-0.05, 0) is 24.8 Å². The fraction of sp³-hybridized carbons (Fsp3) is 0.556. The number of aliphatic hydroxyl groups is 1. The minimum Gasteiger partial charge on any atom is -0.388 e. The van der Waals surface area contributed by atoms with Gasteiger partial charge in [0, 0.05) is 39.6 Å².